The molecule has 1 aromatic heterocycles. The number of pyridine rings is 1. The summed E-state index contributed by atoms with van der Waals surface area (Å²) in [5.74, 6) is 1.12. The Morgan fingerprint density at radius 2 is 2.19 bits per heavy atom. The molecule has 3 heteroatoms. The van der Waals surface area contributed by atoms with Crippen LogP contribution in [0.2, 0.25) is 0 Å². The highest BCUT2D eigenvalue weighted by Crippen LogP contribution is 2.19. The average molecular weight is 221 g/mol. The summed E-state index contributed by atoms with van der Waals surface area (Å²) in [5, 5.41) is 3.19. The van der Waals surface area contributed by atoms with Crippen LogP contribution in [-0.2, 0) is 6.54 Å². The smallest absolute Gasteiger partial charge is 0.133 e. The predicted octanol–water partition coefficient (Wildman–Crippen LogP) is 2.43. The lowest BCUT2D eigenvalue weighted by molar-refractivity contribution is 0.654. The third-order valence-electron chi connectivity index (χ3n) is 2.59. The Morgan fingerprint density at radius 1 is 1.44 bits per heavy atom. The van der Waals surface area contributed by atoms with Crippen molar-refractivity contribution in [1.82, 2.24) is 10.3 Å². The van der Waals surface area contributed by atoms with E-state index in [9.17, 15) is 0 Å². The minimum Gasteiger partial charge on any atom is -0.354 e. The van der Waals surface area contributed by atoms with E-state index < -0.39 is 0 Å². The van der Waals surface area contributed by atoms with Crippen molar-refractivity contribution in [2.75, 3.05) is 18.5 Å². The van der Waals surface area contributed by atoms with Gasteiger partial charge in [-0.25, -0.2) is 4.98 Å². The summed E-state index contributed by atoms with van der Waals surface area (Å²) in [6, 6.07) is 4.63. The largest absolute Gasteiger partial charge is 0.354 e. The van der Waals surface area contributed by atoms with Gasteiger partial charge in [0.05, 0.1) is 0 Å². The highest BCUT2D eigenvalue weighted by Gasteiger charge is 2.14. The van der Waals surface area contributed by atoms with Crippen LogP contribution in [0.15, 0.2) is 18.3 Å². The van der Waals surface area contributed by atoms with Crippen LogP contribution in [0.1, 0.15) is 32.8 Å². The molecule has 0 bridgehead atoms. The van der Waals surface area contributed by atoms with Crippen molar-refractivity contribution in [3.8, 4) is 0 Å². The zero-order chi connectivity index (χ0) is 12.0. The molecule has 1 heterocycles. The Kier molecular flexibility index (Phi) is 5.26. The van der Waals surface area contributed by atoms with Crippen molar-refractivity contribution < 1.29 is 0 Å². The first-order chi connectivity index (χ1) is 7.70. The zero-order valence-electron chi connectivity index (χ0n) is 10.8. The average Bonchev–Trinajstić information content (AvgIpc) is 2.27. The lowest BCUT2D eigenvalue weighted by Crippen LogP contribution is -2.33. The van der Waals surface area contributed by atoms with Gasteiger partial charge in [-0.3, -0.25) is 0 Å². The molecule has 0 aromatic carbocycles. The van der Waals surface area contributed by atoms with Gasteiger partial charge in [-0.1, -0.05) is 13.0 Å². The molecular formula is C13H23N3. The van der Waals surface area contributed by atoms with Crippen molar-refractivity contribution in [3.63, 3.8) is 0 Å². The molecule has 90 valence electrons. The topological polar surface area (TPSA) is 28.2 Å². The number of hydrogen-bond donors (Lipinski definition) is 1. The zero-order valence-corrected chi connectivity index (χ0v) is 10.8. The molecule has 16 heavy (non-hydrogen) atoms. The van der Waals surface area contributed by atoms with Gasteiger partial charge in [-0.2, -0.15) is 0 Å². The van der Waals surface area contributed by atoms with Crippen molar-refractivity contribution >= 4 is 5.82 Å². The maximum atomic E-state index is 4.52. The Labute approximate surface area is 98.9 Å². The fraction of sp³-hybridized carbons (Fsp3) is 0.615. The maximum Gasteiger partial charge on any atom is 0.133 e. The van der Waals surface area contributed by atoms with Gasteiger partial charge in [0, 0.05) is 30.9 Å². The number of rotatable bonds is 6. The molecule has 0 saturated carbocycles. The summed E-state index contributed by atoms with van der Waals surface area (Å²) in [5.41, 5.74) is 1.27. The number of nitrogens with one attached hydrogen (secondary N) is 1. The minimum atomic E-state index is 0.491. The van der Waals surface area contributed by atoms with Gasteiger partial charge < -0.3 is 10.2 Å². The molecule has 0 aliphatic heterocycles. The van der Waals surface area contributed by atoms with Crippen LogP contribution in [0.5, 0.6) is 0 Å². The number of nitrogens with zero attached hydrogens (tertiary/aromatic N) is 2. The first-order valence-electron chi connectivity index (χ1n) is 6.05. The number of hydrogen-bond acceptors (Lipinski definition) is 3. The number of anilines is 1. The van der Waals surface area contributed by atoms with Gasteiger partial charge in [-0.15, -0.1) is 0 Å². The van der Waals surface area contributed by atoms with E-state index in [-0.39, 0.29) is 0 Å². The van der Waals surface area contributed by atoms with E-state index >= 15 is 0 Å². The van der Waals surface area contributed by atoms with Crippen molar-refractivity contribution in [2.45, 2.75) is 39.8 Å². The standard InChI is InChI=1S/C13H23N3/c1-5-9-16(11(2)3)13-12(10-14-4)7-6-8-15-13/h6-8,11,14H,5,9-10H2,1-4H3. The third kappa shape index (κ3) is 3.20. The van der Waals surface area contributed by atoms with Crippen molar-refractivity contribution in [2.24, 2.45) is 0 Å². The van der Waals surface area contributed by atoms with Crippen LogP contribution in [-0.4, -0.2) is 24.6 Å². The fourth-order valence-electron chi connectivity index (χ4n) is 1.87. The van der Waals surface area contributed by atoms with E-state index in [0.717, 1.165) is 25.3 Å². The predicted molar refractivity (Wildman–Crippen MR) is 69.8 cm³/mol. The summed E-state index contributed by atoms with van der Waals surface area (Å²) in [6.45, 7) is 8.57. The molecule has 0 atom stereocenters. The van der Waals surface area contributed by atoms with Crippen LogP contribution in [0, 0.1) is 0 Å². The summed E-state index contributed by atoms with van der Waals surface area (Å²) in [4.78, 5) is 6.89. The van der Waals surface area contributed by atoms with E-state index in [1.165, 1.54) is 5.56 Å². The summed E-state index contributed by atoms with van der Waals surface area (Å²) in [7, 11) is 1.97. The molecule has 0 aliphatic rings. The van der Waals surface area contributed by atoms with Crippen LogP contribution in [0.4, 0.5) is 5.82 Å². The summed E-state index contributed by atoms with van der Waals surface area (Å²) >= 11 is 0. The highest BCUT2D eigenvalue weighted by molar-refractivity contribution is 5.47. The van der Waals surface area contributed by atoms with Crippen LogP contribution in [0.25, 0.3) is 0 Å². The Morgan fingerprint density at radius 3 is 2.75 bits per heavy atom. The molecule has 0 amide bonds. The molecule has 1 aromatic rings. The van der Waals surface area contributed by atoms with Gasteiger partial charge in [0.15, 0.2) is 0 Å². The lowest BCUT2D eigenvalue weighted by atomic mass is 10.2. The Hall–Kier alpha value is -1.09. The molecular weight excluding hydrogens is 198 g/mol. The Balaban J connectivity index is 2.97. The second kappa shape index (κ2) is 6.48. The third-order valence-corrected chi connectivity index (χ3v) is 2.59. The molecule has 0 fully saturated rings. The van der Waals surface area contributed by atoms with Gasteiger partial charge >= 0.3 is 0 Å². The van der Waals surface area contributed by atoms with Crippen LogP contribution >= 0.6 is 0 Å². The van der Waals surface area contributed by atoms with Crippen molar-refractivity contribution in [3.05, 3.63) is 23.9 Å². The quantitative estimate of drug-likeness (QED) is 0.799. The number of aromatic nitrogens is 1. The van der Waals surface area contributed by atoms with E-state index in [0.29, 0.717) is 6.04 Å². The van der Waals surface area contributed by atoms with Gasteiger partial charge in [0.1, 0.15) is 5.82 Å². The van der Waals surface area contributed by atoms with E-state index in [2.05, 4.69) is 42.0 Å². The SMILES string of the molecule is CCCN(c1ncccc1CNC)C(C)C. The van der Waals surface area contributed by atoms with Gasteiger partial charge in [-0.05, 0) is 33.4 Å². The lowest BCUT2D eigenvalue weighted by Gasteiger charge is -2.29. The molecule has 0 saturated heterocycles. The normalized spacial score (nSPS) is 10.8. The second-order valence-electron chi connectivity index (χ2n) is 4.30. The molecule has 0 unspecified atom stereocenters. The monoisotopic (exact) mass is 221 g/mol. The summed E-state index contributed by atoms with van der Waals surface area (Å²) < 4.78 is 0. The van der Waals surface area contributed by atoms with Gasteiger partial charge in [0.25, 0.3) is 0 Å². The minimum absolute atomic E-state index is 0.491. The van der Waals surface area contributed by atoms with E-state index in [1.54, 1.807) is 0 Å². The highest BCUT2D eigenvalue weighted by atomic mass is 15.2. The van der Waals surface area contributed by atoms with E-state index in [1.807, 2.05) is 19.3 Å². The van der Waals surface area contributed by atoms with Crippen molar-refractivity contribution in [1.29, 1.82) is 0 Å². The van der Waals surface area contributed by atoms with Crippen LogP contribution in [0.3, 0.4) is 0 Å². The van der Waals surface area contributed by atoms with Gasteiger partial charge in [0.2, 0.25) is 0 Å². The molecule has 3 nitrogen and oxygen atoms in total. The first kappa shape index (κ1) is 13.0. The first-order valence-corrected chi connectivity index (χ1v) is 6.05. The molecule has 1 rings (SSSR count). The fourth-order valence-corrected chi connectivity index (χ4v) is 1.87. The molecule has 0 spiro atoms. The second-order valence-corrected chi connectivity index (χ2v) is 4.30. The maximum absolute atomic E-state index is 4.52. The molecule has 0 radical (unpaired) electrons. The van der Waals surface area contributed by atoms with Crippen LogP contribution < -0.4 is 10.2 Å². The van der Waals surface area contributed by atoms with E-state index in [4.69, 9.17) is 0 Å². The Bertz CT molecular complexity index is 310. The summed E-state index contributed by atoms with van der Waals surface area (Å²) in [6.07, 6.45) is 3.02. The molecule has 1 N–H and O–H groups in total. The molecule has 0 aliphatic carbocycles.